The lowest BCUT2D eigenvalue weighted by molar-refractivity contribution is 0.181. The second-order valence-electron chi connectivity index (χ2n) is 6.31. The fraction of sp³-hybridized carbons (Fsp3) is 0.938. The molecule has 0 spiro atoms. The summed E-state index contributed by atoms with van der Waals surface area (Å²) in [4.78, 5) is 7.25. The lowest BCUT2D eigenvalue weighted by Crippen LogP contribution is -2.41. The second kappa shape index (κ2) is 10.0. The molecule has 0 aliphatic carbocycles. The molecular formula is C16H34N4. The molecule has 1 aliphatic rings. The van der Waals surface area contributed by atoms with E-state index in [0.717, 1.165) is 25.0 Å². The van der Waals surface area contributed by atoms with E-state index in [1.165, 1.54) is 45.3 Å². The van der Waals surface area contributed by atoms with Gasteiger partial charge in [-0.25, -0.2) is 0 Å². The molecule has 1 aliphatic heterocycles. The molecule has 0 aromatic carbocycles. The van der Waals surface area contributed by atoms with Gasteiger partial charge in [0, 0.05) is 25.7 Å². The Morgan fingerprint density at radius 1 is 1.35 bits per heavy atom. The molecule has 1 atom stereocenters. The Bertz CT molecular complexity index is 276. The Kier molecular flexibility index (Phi) is 8.67. The number of hydrogen-bond acceptors (Lipinski definition) is 2. The molecule has 1 heterocycles. The number of likely N-dealkylation sites (tertiary alicyclic amines) is 1. The third-order valence-corrected chi connectivity index (χ3v) is 3.66. The zero-order chi connectivity index (χ0) is 14.8. The van der Waals surface area contributed by atoms with Gasteiger partial charge in [-0.05, 0) is 65.5 Å². The molecule has 0 amide bonds. The van der Waals surface area contributed by atoms with Crippen LogP contribution in [0.2, 0.25) is 0 Å². The Labute approximate surface area is 125 Å². The van der Waals surface area contributed by atoms with Gasteiger partial charge in [0.25, 0.3) is 0 Å². The van der Waals surface area contributed by atoms with Gasteiger partial charge in [0.05, 0.1) is 0 Å². The smallest absolute Gasteiger partial charge is 0.191 e. The second-order valence-corrected chi connectivity index (χ2v) is 6.31. The molecule has 1 fully saturated rings. The lowest BCUT2D eigenvalue weighted by Gasteiger charge is -2.30. The van der Waals surface area contributed by atoms with Gasteiger partial charge in [0.1, 0.15) is 0 Å². The maximum absolute atomic E-state index is 4.63. The molecule has 118 valence electrons. The van der Waals surface area contributed by atoms with E-state index in [9.17, 15) is 0 Å². The minimum absolute atomic E-state index is 0.433. The van der Waals surface area contributed by atoms with Gasteiger partial charge in [0.15, 0.2) is 5.96 Å². The van der Waals surface area contributed by atoms with Gasteiger partial charge >= 0.3 is 0 Å². The summed E-state index contributed by atoms with van der Waals surface area (Å²) in [7, 11) is 0. The van der Waals surface area contributed by atoms with Crippen LogP contribution in [0.4, 0.5) is 0 Å². The molecular weight excluding hydrogens is 248 g/mol. The van der Waals surface area contributed by atoms with Crippen molar-refractivity contribution in [3.8, 4) is 0 Å². The van der Waals surface area contributed by atoms with Crippen molar-refractivity contribution in [1.82, 2.24) is 15.5 Å². The molecule has 0 aromatic heterocycles. The van der Waals surface area contributed by atoms with Crippen molar-refractivity contribution in [3.05, 3.63) is 0 Å². The maximum Gasteiger partial charge on any atom is 0.191 e. The SMILES string of the molecule is CCNC(=NCCCCN1CCCC(C)C1)NC(C)C. The van der Waals surface area contributed by atoms with Crippen molar-refractivity contribution >= 4 is 5.96 Å². The van der Waals surface area contributed by atoms with E-state index in [1.807, 2.05) is 0 Å². The monoisotopic (exact) mass is 282 g/mol. The van der Waals surface area contributed by atoms with Crippen molar-refractivity contribution in [2.45, 2.75) is 59.4 Å². The standard InChI is InChI=1S/C16H34N4/c1-5-17-16(19-14(2)3)18-10-6-7-11-20-12-8-9-15(4)13-20/h14-15H,5-13H2,1-4H3,(H2,17,18,19). The van der Waals surface area contributed by atoms with Crippen molar-refractivity contribution < 1.29 is 0 Å². The first-order chi connectivity index (χ1) is 9.61. The molecule has 2 N–H and O–H groups in total. The van der Waals surface area contributed by atoms with Crippen LogP contribution in [0.1, 0.15) is 53.4 Å². The van der Waals surface area contributed by atoms with Crippen LogP contribution in [-0.2, 0) is 0 Å². The number of piperidine rings is 1. The zero-order valence-electron chi connectivity index (χ0n) is 13.9. The van der Waals surface area contributed by atoms with E-state index in [1.54, 1.807) is 0 Å². The number of nitrogens with one attached hydrogen (secondary N) is 2. The maximum atomic E-state index is 4.63. The number of guanidine groups is 1. The van der Waals surface area contributed by atoms with E-state index < -0.39 is 0 Å². The predicted octanol–water partition coefficient (Wildman–Crippen LogP) is 2.46. The minimum atomic E-state index is 0.433. The highest BCUT2D eigenvalue weighted by Crippen LogP contribution is 2.15. The highest BCUT2D eigenvalue weighted by molar-refractivity contribution is 5.79. The molecule has 1 unspecified atom stereocenters. The summed E-state index contributed by atoms with van der Waals surface area (Å²) in [5, 5.41) is 6.64. The van der Waals surface area contributed by atoms with Crippen LogP contribution in [0.25, 0.3) is 0 Å². The first-order valence-electron chi connectivity index (χ1n) is 8.39. The van der Waals surface area contributed by atoms with Crippen molar-refractivity contribution in [1.29, 1.82) is 0 Å². The Morgan fingerprint density at radius 3 is 2.80 bits per heavy atom. The minimum Gasteiger partial charge on any atom is -0.357 e. The summed E-state index contributed by atoms with van der Waals surface area (Å²) in [5.74, 6) is 1.84. The van der Waals surface area contributed by atoms with E-state index in [2.05, 4.69) is 48.2 Å². The Hall–Kier alpha value is -0.770. The summed E-state index contributed by atoms with van der Waals surface area (Å²) in [6, 6.07) is 0.433. The first kappa shape index (κ1) is 17.3. The molecule has 0 radical (unpaired) electrons. The van der Waals surface area contributed by atoms with Crippen LogP contribution in [0.15, 0.2) is 4.99 Å². The highest BCUT2D eigenvalue weighted by Gasteiger charge is 2.15. The molecule has 1 saturated heterocycles. The number of hydrogen-bond donors (Lipinski definition) is 2. The fourth-order valence-corrected chi connectivity index (χ4v) is 2.72. The molecule has 0 saturated carbocycles. The van der Waals surface area contributed by atoms with Crippen molar-refractivity contribution in [2.75, 3.05) is 32.7 Å². The highest BCUT2D eigenvalue weighted by atomic mass is 15.2. The van der Waals surface area contributed by atoms with E-state index in [0.29, 0.717) is 6.04 Å². The molecule has 20 heavy (non-hydrogen) atoms. The summed E-state index contributed by atoms with van der Waals surface area (Å²) >= 11 is 0. The quantitative estimate of drug-likeness (QED) is 0.428. The van der Waals surface area contributed by atoms with Crippen molar-refractivity contribution in [2.24, 2.45) is 10.9 Å². The number of unbranched alkanes of at least 4 members (excludes halogenated alkanes) is 1. The molecule has 4 nitrogen and oxygen atoms in total. The fourth-order valence-electron chi connectivity index (χ4n) is 2.72. The van der Waals surface area contributed by atoms with Gasteiger partial charge in [-0.15, -0.1) is 0 Å². The largest absolute Gasteiger partial charge is 0.357 e. The molecule has 0 bridgehead atoms. The molecule has 1 rings (SSSR count). The van der Waals surface area contributed by atoms with Crippen LogP contribution < -0.4 is 10.6 Å². The average molecular weight is 282 g/mol. The van der Waals surface area contributed by atoms with Gasteiger partial charge in [-0.1, -0.05) is 6.92 Å². The number of aliphatic imine (C=N–C) groups is 1. The van der Waals surface area contributed by atoms with E-state index >= 15 is 0 Å². The van der Waals surface area contributed by atoms with Gasteiger partial charge in [-0.3, -0.25) is 4.99 Å². The number of rotatable bonds is 7. The summed E-state index contributed by atoms with van der Waals surface area (Å²) < 4.78 is 0. The number of nitrogens with zero attached hydrogens (tertiary/aromatic N) is 2. The van der Waals surface area contributed by atoms with Gasteiger partial charge in [0.2, 0.25) is 0 Å². The Morgan fingerprint density at radius 2 is 2.15 bits per heavy atom. The predicted molar refractivity (Wildman–Crippen MR) is 88.3 cm³/mol. The summed E-state index contributed by atoms with van der Waals surface area (Å²) in [6.45, 7) is 14.4. The van der Waals surface area contributed by atoms with Gasteiger partial charge in [-0.2, -0.15) is 0 Å². The van der Waals surface area contributed by atoms with Crippen LogP contribution in [0.3, 0.4) is 0 Å². The van der Waals surface area contributed by atoms with E-state index in [4.69, 9.17) is 0 Å². The normalized spacial score (nSPS) is 21.2. The van der Waals surface area contributed by atoms with E-state index in [-0.39, 0.29) is 0 Å². The lowest BCUT2D eigenvalue weighted by atomic mass is 10.0. The molecule has 4 heteroatoms. The molecule has 0 aromatic rings. The summed E-state index contributed by atoms with van der Waals surface area (Å²) in [5.41, 5.74) is 0. The summed E-state index contributed by atoms with van der Waals surface area (Å²) in [6.07, 6.45) is 5.23. The zero-order valence-corrected chi connectivity index (χ0v) is 13.9. The van der Waals surface area contributed by atoms with Crippen LogP contribution >= 0.6 is 0 Å². The first-order valence-corrected chi connectivity index (χ1v) is 8.39. The average Bonchev–Trinajstić information content (AvgIpc) is 2.38. The van der Waals surface area contributed by atoms with Crippen LogP contribution in [-0.4, -0.2) is 49.6 Å². The third kappa shape index (κ3) is 7.73. The Balaban J connectivity index is 2.15. The topological polar surface area (TPSA) is 39.7 Å². The van der Waals surface area contributed by atoms with Crippen LogP contribution in [0.5, 0.6) is 0 Å². The third-order valence-electron chi connectivity index (χ3n) is 3.66. The van der Waals surface area contributed by atoms with Crippen LogP contribution in [0, 0.1) is 5.92 Å². The van der Waals surface area contributed by atoms with Gasteiger partial charge < -0.3 is 15.5 Å². The van der Waals surface area contributed by atoms with Crippen molar-refractivity contribution in [3.63, 3.8) is 0 Å².